The maximum atomic E-state index is 13.4. The summed E-state index contributed by atoms with van der Waals surface area (Å²) in [6.07, 6.45) is 2.72. The van der Waals surface area contributed by atoms with Crippen molar-refractivity contribution in [3.8, 4) is 0 Å². The van der Waals surface area contributed by atoms with E-state index in [1.807, 2.05) is 13.8 Å². The van der Waals surface area contributed by atoms with Gasteiger partial charge in [0.2, 0.25) is 23.6 Å². The first-order valence-electron chi connectivity index (χ1n) is 24.5. The van der Waals surface area contributed by atoms with Crippen molar-refractivity contribution in [2.24, 2.45) is 40.3 Å². The van der Waals surface area contributed by atoms with Gasteiger partial charge in [0, 0.05) is 112 Å². The van der Waals surface area contributed by atoms with E-state index in [0.717, 1.165) is 11.1 Å². The molecule has 1 radical (unpaired) electrons. The molecule has 0 bridgehead atoms. The van der Waals surface area contributed by atoms with Crippen LogP contribution in [0.5, 0.6) is 0 Å². The van der Waals surface area contributed by atoms with Gasteiger partial charge in [0.15, 0.2) is 11.6 Å². The summed E-state index contributed by atoms with van der Waals surface area (Å²) in [6, 6.07) is 10.4. The van der Waals surface area contributed by atoms with E-state index in [1.165, 1.54) is 18.5 Å². The molecule has 0 spiro atoms. The van der Waals surface area contributed by atoms with Gasteiger partial charge in [-0.2, -0.15) is 22.4 Å². The molecule has 26 nitrogen and oxygen atoms in total. The van der Waals surface area contributed by atoms with Crippen molar-refractivity contribution >= 4 is 103 Å². The molecule has 1 aromatic heterocycles. The number of rotatable bonds is 31. The molecule has 1 heterocycles. The Morgan fingerprint density at radius 2 is 1.13 bits per heavy atom. The number of hydrogen-bond acceptors (Lipinski definition) is 15. The molecule has 0 fully saturated rings. The molecule has 0 aliphatic carbocycles. The Bertz CT molecular complexity index is 2530. The van der Waals surface area contributed by atoms with Crippen molar-refractivity contribution in [1.29, 1.82) is 0 Å². The Labute approximate surface area is 491 Å². The minimum atomic E-state index is -0.869. The number of nitrogens with zero attached hydrogens (tertiary/aromatic N) is 6. The molecular weight excluding hydrogens is 1200 g/mol. The summed E-state index contributed by atoms with van der Waals surface area (Å²) in [5, 5.41) is 26.9. The number of carbonyl (C=O) groups excluding carboxylic acids is 10. The SMILES string of the molecule is CC(=O)OCc1ccc(NC(=O)[C@H](CCCNC(N)=O)CC(=O)[C@@H](NC(=O)CN=[N+]=[N-])C(C)C)cc1.[CH2-]B(I)c1cn(CC(=O)N[C@H](C(=O)C[C@@H](CCCNC(N)=O)C(=O)Nc2ccc(COC(C)=O)cc2)C(C)C)nn1.[Y]. The number of nitrogens with one attached hydrogen (secondary N) is 6. The smallest absolute Gasteiger partial charge is 0.312 e. The summed E-state index contributed by atoms with van der Waals surface area (Å²) in [5.41, 5.74) is 21.7. The number of azide groups is 1. The van der Waals surface area contributed by atoms with Crippen LogP contribution in [0.3, 0.4) is 0 Å². The summed E-state index contributed by atoms with van der Waals surface area (Å²) in [4.78, 5) is 124. The van der Waals surface area contributed by atoms with Crippen molar-refractivity contribution in [1.82, 2.24) is 36.3 Å². The monoisotopic (exact) mass is 1270 g/mol. The minimum Gasteiger partial charge on any atom is -0.461 e. The van der Waals surface area contributed by atoms with Crippen molar-refractivity contribution in [3.05, 3.63) is 83.1 Å². The number of hydrogen-bond donors (Lipinski definition) is 8. The first-order chi connectivity index (χ1) is 36.4. The number of aromatic nitrogens is 3. The summed E-state index contributed by atoms with van der Waals surface area (Å²) >= 11 is 2.09. The summed E-state index contributed by atoms with van der Waals surface area (Å²) in [7, 11) is 0. The molecule has 78 heavy (non-hydrogen) atoms. The standard InChI is InChI=1S/C26H36BIN7O6.C23H33N7O6.Y/c1-16(2)24(32-23(38)14-35-13-22(27(4)28)33-34-35)21(37)12-19(6-5-11-30-26(29)40)25(39)31-20-9-7-18(8-10-20)15-41-17(3)36;1-14(2)21(29-20(33)12-27-30-25)19(32)11-17(5-4-10-26-23(24)35)22(34)28-18-8-6-16(7-9-18)13-36-15(3)31;/h7-10,13,16,19,24H,4-6,11-12,14-15H2,1-3H3,(H,31,39)(H,32,38)(H3,29,30,40);6-9,14,17,21H,4-5,10-13H2,1-3H3,(H,28,34)(H,29,33)(H3,24,26,35);/q-1;;/t19-,24+;17-,21+;/m11./s1. The Hall–Kier alpha value is -6.51. The molecular formula is C49H69BIN14O12Y-. The quantitative estimate of drug-likeness (QED) is 0.00670. The van der Waals surface area contributed by atoms with E-state index >= 15 is 0 Å². The predicted molar refractivity (Wildman–Crippen MR) is 293 cm³/mol. The number of amides is 8. The molecule has 0 unspecified atom stereocenters. The number of primary amides is 2. The van der Waals surface area contributed by atoms with Gasteiger partial charge in [0.25, 0.3) is 0 Å². The van der Waals surface area contributed by atoms with Gasteiger partial charge in [-0.15, -0.1) is 5.10 Å². The summed E-state index contributed by atoms with van der Waals surface area (Å²) in [6.45, 7) is 13.7. The molecule has 0 saturated carbocycles. The zero-order valence-electron chi connectivity index (χ0n) is 44.6. The molecule has 10 N–H and O–H groups in total. The van der Waals surface area contributed by atoms with Crippen molar-refractivity contribution in [3.63, 3.8) is 0 Å². The van der Waals surface area contributed by atoms with Gasteiger partial charge in [-0.25, -0.2) is 14.3 Å². The van der Waals surface area contributed by atoms with E-state index in [0.29, 0.717) is 36.2 Å². The number of ether oxygens (including phenoxy) is 2. The van der Waals surface area contributed by atoms with Gasteiger partial charge in [-0.05, 0) is 78.4 Å². The van der Waals surface area contributed by atoms with E-state index in [4.69, 9.17) is 26.5 Å². The van der Waals surface area contributed by atoms with E-state index in [-0.39, 0.29) is 119 Å². The fourth-order valence-electron chi connectivity index (χ4n) is 7.19. The van der Waals surface area contributed by atoms with Crippen molar-refractivity contribution in [2.75, 3.05) is 30.3 Å². The molecule has 0 saturated heterocycles. The number of nitrogens with two attached hydrogens (primary N) is 2. The average molecular weight is 1270 g/mol. The first-order valence-corrected chi connectivity index (χ1v) is 25.8. The van der Waals surface area contributed by atoms with Crippen LogP contribution in [-0.4, -0.2) is 110 Å². The number of urea groups is 2. The maximum Gasteiger partial charge on any atom is 0.312 e. The van der Waals surface area contributed by atoms with Crippen LogP contribution >= 0.6 is 22.4 Å². The molecule has 0 aliphatic heterocycles. The number of benzene rings is 2. The molecule has 3 aromatic rings. The van der Waals surface area contributed by atoms with Gasteiger partial charge < -0.3 is 59.7 Å². The van der Waals surface area contributed by atoms with E-state index in [2.05, 4.69) is 81.4 Å². The Morgan fingerprint density at radius 1 is 0.718 bits per heavy atom. The summed E-state index contributed by atoms with van der Waals surface area (Å²) < 4.78 is 11.2. The van der Waals surface area contributed by atoms with E-state index in [1.54, 1.807) is 68.6 Å². The Kier molecular flexibility index (Phi) is 33.3. The van der Waals surface area contributed by atoms with Crippen LogP contribution in [0.4, 0.5) is 21.0 Å². The third-order valence-corrected chi connectivity index (χ3v) is 11.8. The Balaban J connectivity index is 0.000000777. The second-order valence-electron chi connectivity index (χ2n) is 18.3. The molecule has 0 aliphatic rings. The second-order valence-corrected chi connectivity index (χ2v) is 19.8. The van der Waals surface area contributed by atoms with Gasteiger partial charge >= 0.3 is 24.0 Å². The molecule has 8 amide bonds. The average Bonchev–Trinajstić information content (AvgIpc) is 3.84. The van der Waals surface area contributed by atoms with E-state index < -0.39 is 72.2 Å². The van der Waals surface area contributed by atoms with Crippen molar-refractivity contribution < 1.29 is 90.1 Å². The topological polar surface area (TPSA) is 393 Å². The molecule has 4 atom stereocenters. The van der Waals surface area contributed by atoms with Crippen LogP contribution < -0.4 is 49.0 Å². The number of ketones is 2. The van der Waals surface area contributed by atoms with Gasteiger partial charge in [0.1, 0.15) is 30.9 Å². The number of anilines is 2. The van der Waals surface area contributed by atoms with Crippen LogP contribution in [0.2, 0.25) is 0 Å². The zero-order valence-corrected chi connectivity index (χ0v) is 49.6. The Morgan fingerprint density at radius 3 is 1.47 bits per heavy atom. The largest absolute Gasteiger partial charge is 0.461 e. The van der Waals surface area contributed by atoms with Gasteiger partial charge in [0.05, 0.1) is 12.1 Å². The normalized spacial score (nSPS) is 12.0. The summed E-state index contributed by atoms with van der Waals surface area (Å²) in [5.74, 6) is -5.21. The number of carbonyl (C=O) groups is 10. The number of Topliss-reactive ketones (excluding diaryl/α,β-unsaturated/α-hetero) is 2. The first kappa shape index (κ1) is 69.5. The minimum absolute atomic E-state index is 0. The van der Waals surface area contributed by atoms with Crippen LogP contribution in [0, 0.1) is 30.5 Å². The van der Waals surface area contributed by atoms with Gasteiger partial charge in [-0.1, -0.05) is 62.3 Å². The van der Waals surface area contributed by atoms with Crippen LogP contribution in [0.1, 0.15) is 91.2 Å². The zero-order chi connectivity index (χ0) is 57.6. The van der Waals surface area contributed by atoms with E-state index in [9.17, 15) is 47.9 Å². The fraction of sp³-hybridized carbons (Fsp3) is 0.490. The molecule has 29 heteroatoms. The van der Waals surface area contributed by atoms with Crippen molar-refractivity contribution in [2.45, 2.75) is 112 Å². The van der Waals surface area contributed by atoms with Crippen LogP contribution in [0.25, 0.3) is 10.4 Å². The number of halogens is 1. The molecule has 2 aromatic carbocycles. The van der Waals surface area contributed by atoms with Crippen LogP contribution in [-0.2, 0) is 100 Å². The van der Waals surface area contributed by atoms with Crippen LogP contribution in [0.15, 0.2) is 59.8 Å². The molecule has 421 valence electrons. The third-order valence-electron chi connectivity index (χ3n) is 11.1. The number of esters is 2. The predicted octanol–water partition coefficient (Wildman–Crippen LogP) is 3.31. The fourth-order valence-corrected chi connectivity index (χ4v) is 7.48. The van der Waals surface area contributed by atoms with Gasteiger partial charge in [-0.3, -0.25) is 38.4 Å². The molecule has 3 rings (SSSR count). The third kappa shape index (κ3) is 28.7. The second kappa shape index (κ2) is 37.3. The maximum absolute atomic E-state index is 13.4.